The van der Waals surface area contributed by atoms with Gasteiger partial charge in [-0.2, -0.15) is 0 Å². The van der Waals surface area contributed by atoms with Gasteiger partial charge < -0.3 is 18.8 Å². The van der Waals surface area contributed by atoms with Gasteiger partial charge in [-0.05, 0) is 49.2 Å². The Morgan fingerprint density at radius 3 is 2.65 bits per heavy atom. The van der Waals surface area contributed by atoms with Crippen LogP contribution in [-0.2, 0) is 20.9 Å². The summed E-state index contributed by atoms with van der Waals surface area (Å²) in [5.41, 5.74) is 3.21. The molecule has 1 atom stereocenters. The lowest BCUT2D eigenvalue weighted by Gasteiger charge is -2.19. The molecule has 0 saturated carbocycles. The molecule has 0 aliphatic carbocycles. The van der Waals surface area contributed by atoms with Gasteiger partial charge in [0.25, 0.3) is 0 Å². The first-order valence-electron chi connectivity index (χ1n) is 10.0. The molecule has 0 radical (unpaired) electrons. The van der Waals surface area contributed by atoms with Crippen molar-refractivity contribution >= 4 is 28.5 Å². The summed E-state index contributed by atoms with van der Waals surface area (Å²) in [5, 5.41) is 0.730. The predicted octanol–water partition coefficient (Wildman–Crippen LogP) is 3.51. The van der Waals surface area contributed by atoms with Crippen molar-refractivity contribution in [1.82, 2.24) is 0 Å². The van der Waals surface area contributed by atoms with E-state index < -0.39 is 17.5 Å². The maximum atomic E-state index is 12.7. The lowest BCUT2D eigenvalue weighted by atomic mass is 10.0. The standard InChI is InChI=1S/C24H23NO6/c1-14-8-18-17(11-23(27)31-21(18)9-15(14)2)13-30-24(28)16-10-22(26)25(12-16)19-6-4-5-7-20(19)29-3/h4-9,11,16H,10,12-13H2,1-3H3/t16-/m1/s1. The largest absolute Gasteiger partial charge is 0.495 e. The van der Waals surface area contributed by atoms with E-state index in [0.29, 0.717) is 22.6 Å². The average Bonchev–Trinajstić information content (AvgIpc) is 3.14. The van der Waals surface area contributed by atoms with Crippen molar-refractivity contribution in [3.05, 3.63) is 69.6 Å². The van der Waals surface area contributed by atoms with Gasteiger partial charge in [-0.3, -0.25) is 9.59 Å². The smallest absolute Gasteiger partial charge is 0.336 e. The number of ether oxygens (including phenoxy) is 2. The predicted molar refractivity (Wildman–Crippen MR) is 115 cm³/mol. The molecule has 160 valence electrons. The van der Waals surface area contributed by atoms with Gasteiger partial charge in [0.05, 0.1) is 18.7 Å². The number of fused-ring (bicyclic) bond motifs is 1. The number of anilines is 1. The molecule has 1 amide bonds. The van der Waals surface area contributed by atoms with Gasteiger partial charge >= 0.3 is 11.6 Å². The van der Waals surface area contributed by atoms with E-state index in [1.165, 1.54) is 13.2 Å². The van der Waals surface area contributed by atoms with Crippen molar-refractivity contribution in [2.75, 3.05) is 18.6 Å². The molecule has 1 aromatic heterocycles. The molecule has 1 aliphatic rings. The number of rotatable bonds is 5. The molecule has 0 unspecified atom stereocenters. The number of carbonyl (C=O) groups is 2. The topological polar surface area (TPSA) is 86.0 Å². The summed E-state index contributed by atoms with van der Waals surface area (Å²) in [6, 6.07) is 12.2. The molecular formula is C24H23NO6. The fourth-order valence-corrected chi connectivity index (χ4v) is 3.82. The number of aryl methyl sites for hydroxylation is 2. The van der Waals surface area contributed by atoms with Crippen molar-refractivity contribution in [2.45, 2.75) is 26.9 Å². The lowest BCUT2D eigenvalue weighted by Crippen LogP contribution is -2.26. The Balaban J connectivity index is 1.51. The summed E-state index contributed by atoms with van der Waals surface area (Å²) in [6.07, 6.45) is 0.0624. The second-order valence-electron chi connectivity index (χ2n) is 7.71. The van der Waals surface area contributed by atoms with Gasteiger partial charge in [0.15, 0.2) is 0 Å². The maximum absolute atomic E-state index is 12.7. The minimum Gasteiger partial charge on any atom is -0.495 e. The number of esters is 1. The Bertz CT molecular complexity index is 1230. The molecule has 31 heavy (non-hydrogen) atoms. The molecule has 0 spiro atoms. The maximum Gasteiger partial charge on any atom is 0.336 e. The van der Waals surface area contributed by atoms with E-state index in [-0.39, 0.29) is 25.5 Å². The van der Waals surface area contributed by atoms with Gasteiger partial charge in [0, 0.05) is 30.0 Å². The zero-order valence-corrected chi connectivity index (χ0v) is 17.6. The van der Waals surface area contributed by atoms with Crippen molar-refractivity contribution in [3.63, 3.8) is 0 Å². The van der Waals surface area contributed by atoms with Crippen LogP contribution in [0.15, 0.2) is 51.7 Å². The van der Waals surface area contributed by atoms with Crippen LogP contribution >= 0.6 is 0 Å². The number of carbonyl (C=O) groups excluding carboxylic acids is 2. The van der Waals surface area contributed by atoms with Crippen LogP contribution in [0.5, 0.6) is 5.75 Å². The summed E-state index contributed by atoms with van der Waals surface area (Å²) >= 11 is 0. The molecule has 0 N–H and O–H groups in total. The number of methoxy groups -OCH3 is 1. The first-order valence-corrected chi connectivity index (χ1v) is 10.0. The first kappa shape index (κ1) is 20.7. The number of hydrogen-bond acceptors (Lipinski definition) is 6. The highest BCUT2D eigenvalue weighted by molar-refractivity contribution is 6.00. The molecular weight excluding hydrogens is 398 g/mol. The van der Waals surface area contributed by atoms with Gasteiger partial charge in [-0.25, -0.2) is 4.79 Å². The highest BCUT2D eigenvalue weighted by Crippen LogP contribution is 2.33. The number of hydrogen-bond donors (Lipinski definition) is 0. The lowest BCUT2D eigenvalue weighted by molar-refractivity contribution is -0.149. The van der Waals surface area contributed by atoms with Gasteiger partial charge in [0.2, 0.25) is 5.91 Å². The van der Waals surface area contributed by atoms with E-state index in [1.54, 1.807) is 23.1 Å². The normalized spacial score (nSPS) is 16.0. The SMILES string of the molecule is COc1ccccc1N1C[C@H](C(=O)OCc2cc(=O)oc3cc(C)c(C)cc23)CC1=O. The second-order valence-corrected chi connectivity index (χ2v) is 7.71. The summed E-state index contributed by atoms with van der Waals surface area (Å²) < 4.78 is 16.1. The third-order valence-electron chi connectivity index (χ3n) is 5.65. The van der Waals surface area contributed by atoms with E-state index in [0.717, 1.165) is 16.5 Å². The number of para-hydroxylation sites is 2. The van der Waals surface area contributed by atoms with Crippen LogP contribution in [0.3, 0.4) is 0 Å². The van der Waals surface area contributed by atoms with Crippen LogP contribution in [0, 0.1) is 19.8 Å². The molecule has 2 heterocycles. The van der Waals surface area contributed by atoms with Gasteiger partial charge in [-0.15, -0.1) is 0 Å². The third kappa shape index (κ3) is 4.03. The van der Waals surface area contributed by atoms with Crippen LogP contribution < -0.4 is 15.3 Å². The monoisotopic (exact) mass is 421 g/mol. The highest BCUT2D eigenvalue weighted by Gasteiger charge is 2.37. The van der Waals surface area contributed by atoms with Crippen molar-refractivity contribution in [1.29, 1.82) is 0 Å². The molecule has 1 saturated heterocycles. The van der Waals surface area contributed by atoms with Gasteiger partial charge in [0.1, 0.15) is 17.9 Å². The third-order valence-corrected chi connectivity index (χ3v) is 5.65. The second kappa shape index (κ2) is 8.26. The molecule has 7 heteroatoms. The number of nitrogens with zero attached hydrogens (tertiary/aromatic N) is 1. The van der Waals surface area contributed by atoms with Gasteiger partial charge in [-0.1, -0.05) is 12.1 Å². The van der Waals surface area contributed by atoms with E-state index in [4.69, 9.17) is 13.9 Å². The molecule has 2 aromatic carbocycles. The number of benzene rings is 2. The van der Waals surface area contributed by atoms with E-state index in [9.17, 15) is 14.4 Å². The Morgan fingerprint density at radius 2 is 1.87 bits per heavy atom. The quantitative estimate of drug-likeness (QED) is 0.463. The first-order chi connectivity index (χ1) is 14.9. The Labute approximate surface area is 179 Å². The molecule has 3 aromatic rings. The van der Waals surface area contributed by atoms with Crippen molar-refractivity contribution in [2.24, 2.45) is 5.92 Å². The van der Waals surface area contributed by atoms with E-state index in [1.807, 2.05) is 32.0 Å². The number of amides is 1. The van der Waals surface area contributed by atoms with E-state index in [2.05, 4.69) is 0 Å². The fourth-order valence-electron chi connectivity index (χ4n) is 3.82. The van der Waals surface area contributed by atoms with Crippen molar-refractivity contribution < 1.29 is 23.5 Å². The minimum atomic E-state index is -0.590. The van der Waals surface area contributed by atoms with Crippen molar-refractivity contribution in [3.8, 4) is 5.75 Å². The zero-order chi connectivity index (χ0) is 22.1. The Morgan fingerprint density at radius 1 is 1.13 bits per heavy atom. The summed E-state index contributed by atoms with van der Waals surface area (Å²) in [5.74, 6) is -0.662. The van der Waals surface area contributed by atoms with Crippen LogP contribution in [-0.4, -0.2) is 25.5 Å². The van der Waals surface area contributed by atoms with Crippen LogP contribution in [0.4, 0.5) is 5.69 Å². The highest BCUT2D eigenvalue weighted by atomic mass is 16.5. The van der Waals surface area contributed by atoms with Crippen LogP contribution in [0.2, 0.25) is 0 Å². The average molecular weight is 421 g/mol. The molecule has 0 bridgehead atoms. The zero-order valence-electron chi connectivity index (χ0n) is 17.6. The molecule has 1 aliphatic heterocycles. The molecule has 4 rings (SSSR count). The fraction of sp³-hybridized carbons (Fsp3) is 0.292. The Hall–Kier alpha value is -3.61. The molecule has 1 fully saturated rings. The Kier molecular flexibility index (Phi) is 5.50. The summed E-state index contributed by atoms with van der Waals surface area (Å²) in [6.45, 7) is 4.05. The summed E-state index contributed by atoms with van der Waals surface area (Å²) in [7, 11) is 1.54. The molecule has 7 nitrogen and oxygen atoms in total. The van der Waals surface area contributed by atoms with E-state index >= 15 is 0 Å². The van der Waals surface area contributed by atoms with Crippen LogP contribution in [0.1, 0.15) is 23.1 Å². The minimum absolute atomic E-state index is 0.0624. The van der Waals surface area contributed by atoms with Crippen LogP contribution in [0.25, 0.3) is 11.0 Å². The summed E-state index contributed by atoms with van der Waals surface area (Å²) in [4.78, 5) is 38.7.